The molecule has 1 saturated heterocycles. The van der Waals surface area contributed by atoms with Gasteiger partial charge in [-0.3, -0.25) is 4.79 Å². The van der Waals surface area contributed by atoms with Crippen LogP contribution in [0, 0.1) is 10.1 Å². The van der Waals surface area contributed by atoms with Crippen molar-refractivity contribution in [2.24, 2.45) is 0 Å². The lowest BCUT2D eigenvalue weighted by molar-refractivity contribution is -0.389. The normalized spacial score (nSPS) is 14.8. The van der Waals surface area contributed by atoms with Crippen molar-refractivity contribution < 1.29 is 19.2 Å². The van der Waals surface area contributed by atoms with Crippen LogP contribution in [0.5, 0.6) is 0 Å². The Morgan fingerprint density at radius 2 is 1.95 bits per heavy atom. The van der Waals surface area contributed by atoms with E-state index in [1.54, 1.807) is 16.7 Å². The fourth-order valence-electron chi connectivity index (χ4n) is 2.14. The summed E-state index contributed by atoms with van der Waals surface area (Å²) >= 11 is 0. The number of rotatable bonds is 4. The number of carbonyl (C=O) groups is 2. The van der Waals surface area contributed by atoms with E-state index in [-0.39, 0.29) is 24.4 Å². The summed E-state index contributed by atoms with van der Waals surface area (Å²) in [7, 11) is 0. The van der Waals surface area contributed by atoms with E-state index >= 15 is 0 Å². The number of aromatic nitrogens is 2. The summed E-state index contributed by atoms with van der Waals surface area (Å²) in [5.41, 5.74) is 0. The van der Waals surface area contributed by atoms with Gasteiger partial charge in [-0.2, -0.15) is 0 Å². The van der Waals surface area contributed by atoms with E-state index in [4.69, 9.17) is 4.74 Å². The number of hydrogen-bond acceptors (Lipinski definition) is 6. The smallest absolute Gasteiger partial charge is 0.409 e. The molecule has 1 aliphatic rings. The van der Waals surface area contributed by atoms with Crippen molar-refractivity contribution in [2.75, 3.05) is 32.8 Å². The third-order valence-corrected chi connectivity index (χ3v) is 3.28. The van der Waals surface area contributed by atoms with Gasteiger partial charge in [0.25, 0.3) is 0 Å². The van der Waals surface area contributed by atoms with E-state index in [1.807, 2.05) is 0 Å². The Labute approximate surface area is 126 Å². The van der Waals surface area contributed by atoms with Crippen LogP contribution in [-0.4, -0.2) is 69.1 Å². The lowest BCUT2D eigenvalue weighted by Gasteiger charge is -2.34. The zero-order valence-electron chi connectivity index (χ0n) is 12.2. The summed E-state index contributed by atoms with van der Waals surface area (Å²) in [5.74, 6) is -0.462. The lowest BCUT2D eigenvalue weighted by atomic mass is 10.3. The van der Waals surface area contributed by atoms with Crippen molar-refractivity contribution in [1.82, 2.24) is 19.4 Å². The minimum Gasteiger partial charge on any atom is -0.450 e. The highest BCUT2D eigenvalue weighted by Gasteiger charge is 2.25. The molecule has 0 bridgehead atoms. The fraction of sp³-hybridized carbons (Fsp3) is 0.583. The molecule has 22 heavy (non-hydrogen) atoms. The van der Waals surface area contributed by atoms with Crippen LogP contribution in [0.2, 0.25) is 0 Å². The number of carbonyl (C=O) groups excluding carboxylic acids is 2. The third kappa shape index (κ3) is 3.71. The minimum absolute atomic E-state index is 0.0136. The van der Waals surface area contributed by atoms with E-state index in [0.717, 1.165) is 0 Å². The van der Waals surface area contributed by atoms with E-state index in [1.165, 1.54) is 17.1 Å². The first-order valence-electron chi connectivity index (χ1n) is 6.87. The Morgan fingerprint density at radius 3 is 2.50 bits per heavy atom. The fourth-order valence-corrected chi connectivity index (χ4v) is 2.14. The quantitative estimate of drug-likeness (QED) is 0.575. The average molecular weight is 311 g/mol. The Hall–Kier alpha value is -2.65. The van der Waals surface area contributed by atoms with Crippen molar-refractivity contribution >= 4 is 17.8 Å². The van der Waals surface area contributed by atoms with Gasteiger partial charge in [0.1, 0.15) is 12.7 Å². The van der Waals surface area contributed by atoms with E-state index in [9.17, 15) is 19.7 Å². The predicted octanol–water partition coefficient (Wildman–Crippen LogP) is 0.0920. The minimum atomic E-state index is -0.612. The molecule has 0 radical (unpaired) electrons. The van der Waals surface area contributed by atoms with Gasteiger partial charge in [-0.1, -0.05) is 0 Å². The summed E-state index contributed by atoms with van der Waals surface area (Å²) in [6, 6.07) is 0. The number of imidazole rings is 1. The van der Waals surface area contributed by atoms with Crippen molar-refractivity contribution in [3.63, 3.8) is 0 Å². The summed E-state index contributed by atoms with van der Waals surface area (Å²) in [4.78, 5) is 40.4. The molecular weight excluding hydrogens is 294 g/mol. The molecule has 2 rings (SSSR count). The number of nitrogens with zero attached hydrogens (tertiary/aromatic N) is 5. The number of piperazine rings is 1. The van der Waals surface area contributed by atoms with Crippen LogP contribution in [0.1, 0.15) is 6.92 Å². The second kappa shape index (κ2) is 6.87. The van der Waals surface area contributed by atoms with Gasteiger partial charge in [-0.05, 0) is 16.8 Å². The van der Waals surface area contributed by atoms with Crippen LogP contribution in [0.3, 0.4) is 0 Å². The van der Waals surface area contributed by atoms with E-state index in [2.05, 4.69) is 4.98 Å². The standard InChI is InChI=1S/C12H17N5O5/c1-2-22-12(19)16-5-3-15(4-6-16)11(18)8-14-7-10(13-9-14)17(20)21/h7,9H,2-6,8H2,1H3. The van der Waals surface area contributed by atoms with Crippen molar-refractivity contribution in [3.05, 3.63) is 22.6 Å². The summed E-state index contributed by atoms with van der Waals surface area (Å²) in [6.07, 6.45) is 2.09. The maximum absolute atomic E-state index is 12.1. The largest absolute Gasteiger partial charge is 0.450 e. The molecule has 0 N–H and O–H groups in total. The number of hydrogen-bond donors (Lipinski definition) is 0. The SMILES string of the molecule is CCOC(=O)N1CCN(C(=O)Cn2cnc([N+](=O)[O-])c2)CC1. The van der Waals surface area contributed by atoms with Gasteiger partial charge in [0.2, 0.25) is 12.2 Å². The van der Waals surface area contributed by atoms with Crippen molar-refractivity contribution in [2.45, 2.75) is 13.5 Å². The number of ether oxygens (including phenoxy) is 1. The third-order valence-electron chi connectivity index (χ3n) is 3.28. The first-order valence-corrected chi connectivity index (χ1v) is 6.87. The molecule has 0 aliphatic carbocycles. The van der Waals surface area contributed by atoms with Gasteiger partial charge < -0.3 is 29.2 Å². The van der Waals surface area contributed by atoms with Gasteiger partial charge >= 0.3 is 11.9 Å². The molecule has 1 aliphatic heterocycles. The topological polar surface area (TPSA) is 111 Å². The maximum Gasteiger partial charge on any atom is 0.409 e. The summed E-state index contributed by atoms with van der Waals surface area (Å²) in [6.45, 7) is 3.69. The predicted molar refractivity (Wildman–Crippen MR) is 74.1 cm³/mol. The maximum atomic E-state index is 12.1. The molecule has 0 unspecified atom stereocenters. The van der Waals surface area contributed by atoms with Crippen molar-refractivity contribution in [1.29, 1.82) is 0 Å². The molecule has 0 spiro atoms. The molecule has 120 valence electrons. The monoisotopic (exact) mass is 311 g/mol. The van der Waals surface area contributed by atoms with Crippen LogP contribution in [0.25, 0.3) is 0 Å². The highest BCUT2D eigenvalue weighted by atomic mass is 16.6. The number of amides is 2. The first kappa shape index (κ1) is 15.7. The van der Waals surface area contributed by atoms with E-state index < -0.39 is 4.92 Å². The second-order valence-corrected chi connectivity index (χ2v) is 4.73. The van der Waals surface area contributed by atoms with Gasteiger partial charge in [0, 0.05) is 26.2 Å². The highest BCUT2D eigenvalue weighted by Crippen LogP contribution is 2.08. The second-order valence-electron chi connectivity index (χ2n) is 4.73. The number of nitro groups is 1. The molecule has 1 aromatic heterocycles. The first-order chi connectivity index (χ1) is 10.5. The molecule has 2 heterocycles. The Bertz CT molecular complexity index is 564. The lowest BCUT2D eigenvalue weighted by Crippen LogP contribution is -2.51. The van der Waals surface area contributed by atoms with E-state index in [0.29, 0.717) is 32.8 Å². The van der Waals surface area contributed by atoms with Crippen LogP contribution < -0.4 is 0 Å². The molecular formula is C12H17N5O5. The van der Waals surface area contributed by atoms with Gasteiger partial charge in [0.15, 0.2) is 0 Å². The summed E-state index contributed by atoms with van der Waals surface area (Å²) in [5, 5.41) is 10.5. The van der Waals surface area contributed by atoms with Crippen LogP contribution >= 0.6 is 0 Å². The van der Waals surface area contributed by atoms with Crippen LogP contribution in [0.4, 0.5) is 10.6 Å². The molecule has 0 saturated carbocycles. The molecule has 1 aromatic rings. The molecule has 0 atom stereocenters. The molecule has 1 fully saturated rings. The molecule has 10 nitrogen and oxygen atoms in total. The Morgan fingerprint density at radius 1 is 1.32 bits per heavy atom. The zero-order chi connectivity index (χ0) is 16.1. The molecule has 2 amide bonds. The summed E-state index contributed by atoms with van der Waals surface area (Å²) < 4.78 is 6.28. The van der Waals surface area contributed by atoms with Gasteiger partial charge in [-0.15, -0.1) is 0 Å². The van der Waals surface area contributed by atoms with Gasteiger partial charge in [-0.25, -0.2) is 4.79 Å². The highest BCUT2D eigenvalue weighted by molar-refractivity contribution is 5.76. The Balaban J connectivity index is 1.84. The average Bonchev–Trinajstić information content (AvgIpc) is 2.96. The molecule has 10 heteroatoms. The van der Waals surface area contributed by atoms with Gasteiger partial charge in [0.05, 0.1) is 6.61 Å². The zero-order valence-corrected chi connectivity index (χ0v) is 12.2. The van der Waals surface area contributed by atoms with Crippen LogP contribution in [-0.2, 0) is 16.1 Å². The van der Waals surface area contributed by atoms with Crippen molar-refractivity contribution in [3.8, 4) is 0 Å². The molecule has 0 aromatic carbocycles. The Kier molecular flexibility index (Phi) is 4.92. The van der Waals surface area contributed by atoms with Crippen LogP contribution in [0.15, 0.2) is 12.5 Å².